The van der Waals surface area contributed by atoms with Gasteiger partial charge in [0, 0.05) is 5.56 Å². The maximum atomic E-state index is 8.68. The van der Waals surface area contributed by atoms with Crippen molar-refractivity contribution in [2.24, 2.45) is 15.4 Å². The third kappa shape index (κ3) is 3.88. The summed E-state index contributed by atoms with van der Waals surface area (Å²) in [5, 5.41) is 19.8. The van der Waals surface area contributed by atoms with Crippen molar-refractivity contribution in [1.29, 1.82) is 0 Å². The van der Waals surface area contributed by atoms with Crippen LogP contribution in [-0.4, -0.2) is 23.3 Å². The second-order valence-corrected chi connectivity index (χ2v) is 4.25. The fourth-order valence-electron chi connectivity index (χ4n) is 1.63. The third-order valence-electron chi connectivity index (χ3n) is 2.70. The molecule has 0 saturated heterocycles. The SMILES string of the molecule is Cc1ccc(/C=N/N=C(\C=N\O)c2ccccc2)cc1. The maximum absolute atomic E-state index is 8.68. The zero-order valence-electron chi connectivity index (χ0n) is 11.1. The zero-order chi connectivity index (χ0) is 14.2. The van der Waals surface area contributed by atoms with E-state index in [1.54, 1.807) is 6.21 Å². The van der Waals surface area contributed by atoms with Gasteiger partial charge in [-0.05, 0) is 12.5 Å². The van der Waals surface area contributed by atoms with Gasteiger partial charge < -0.3 is 5.21 Å². The van der Waals surface area contributed by atoms with E-state index >= 15 is 0 Å². The van der Waals surface area contributed by atoms with Crippen molar-refractivity contribution in [3.8, 4) is 0 Å². The lowest BCUT2D eigenvalue weighted by molar-refractivity contribution is 0.322. The normalized spacial score (nSPS) is 12.3. The Bertz CT molecular complexity index is 629. The van der Waals surface area contributed by atoms with Crippen LogP contribution < -0.4 is 0 Å². The van der Waals surface area contributed by atoms with Crippen LogP contribution in [0.3, 0.4) is 0 Å². The highest BCUT2D eigenvalue weighted by molar-refractivity contribution is 6.38. The van der Waals surface area contributed by atoms with Gasteiger partial charge in [-0.15, -0.1) is 5.10 Å². The minimum absolute atomic E-state index is 0.497. The summed E-state index contributed by atoms with van der Waals surface area (Å²) in [6.07, 6.45) is 2.93. The first-order valence-corrected chi connectivity index (χ1v) is 6.20. The molecule has 0 unspecified atom stereocenters. The average Bonchev–Trinajstić information content (AvgIpc) is 2.49. The Morgan fingerprint density at radius 1 is 1.00 bits per heavy atom. The highest BCUT2D eigenvalue weighted by Crippen LogP contribution is 2.02. The number of oxime groups is 1. The predicted molar refractivity (Wildman–Crippen MR) is 82.0 cm³/mol. The molecule has 2 aromatic carbocycles. The molecule has 0 aliphatic carbocycles. The van der Waals surface area contributed by atoms with Gasteiger partial charge in [0.05, 0.1) is 12.4 Å². The van der Waals surface area contributed by atoms with Gasteiger partial charge in [0.25, 0.3) is 0 Å². The molecule has 4 nitrogen and oxygen atoms in total. The number of hydrogen-bond acceptors (Lipinski definition) is 4. The van der Waals surface area contributed by atoms with E-state index < -0.39 is 0 Å². The summed E-state index contributed by atoms with van der Waals surface area (Å²) < 4.78 is 0. The highest BCUT2D eigenvalue weighted by atomic mass is 16.4. The van der Waals surface area contributed by atoms with E-state index in [1.807, 2.05) is 61.5 Å². The van der Waals surface area contributed by atoms with Gasteiger partial charge in [0.1, 0.15) is 5.71 Å². The molecule has 0 aromatic heterocycles. The Hall–Kier alpha value is -2.75. The summed E-state index contributed by atoms with van der Waals surface area (Å²) in [5.41, 5.74) is 3.50. The molecule has 0 atom stereocenters. The van der Waals surface area contributed by atoms with Crippen LogP contribution in [0.4, 0.5) is 0 Å². The van der Waals surface area contributed by atoms with Crippen LogP contribution in [0.5, 0.6) is 0 Å². The lowest BCUT2D eigenvalue weighted by Gasteiger charge is -1.97. The minimum Gasteiger partial charge on any atom is -0.411 e. The molecule has 0 amide bonds. The number of nitrogens with zero attached hydrogens (tertiary/aromatic N) is 3. The summed E-state index contributed by atoms with van der Waals surface area (Å²) in [6.45, 7) is 2.03. The third-order valence-corrected chi connectivity index (χ3v) is 2.70. The molecule has 100 valence electrons. The first kappa shape index (κ1) is 13.7. The second kappa shape index (κ2) is 6.99. The number of hydrogen-bond donors (Lipinski definition) is 1. The van der Waals surface area contributed by atoms with Gasteiger partial charge in [-0.1, -0.05) is 65.3 Å². The molecular formula is C16H15N3O. The van der Waals surface area contributed by atoms with Crippen molar-refractivity contribution in [2.45, 2.75) is 6.92 Å². The molecule has 0 saturated carbocycles. The van der Waals surface area contributed by atoms with E-state index in [9.17, 15) is 0 Å². The van der Waals surface area contributed by atoms with Crippen LogP contribution in [0.25, 0.3) is 0 Å². The fourth-order valence-corrected chi connectivity index (χ4v) is 1.63. The summed E-state index contributed by atoms with van der Waals surface area (Å²) in [5.74, 6) is 0. The molecule has 2 rings (SSSR count). The lowest BCUT2D eigenvalue weighted by atomic mass is 10.1. The predicted octanol–water partition coefficient (Wildman–Crippen LogP) is 3.28. The van der Waals surface area contributed by atoms with Crippen LogP contribution in [0.1, 0.15) is 16.7 Å². The Balaban J connectivity index is 2.20. The highest BCUT2D eigenvalue weighted by Gasteiger charge is 1.99. The summed E-state index contributed by atoms with van der Waals surface area (Å²) >= 11 is 0. The molecule has 1 N–H and O–H groups in total. The zero-order valence-corrected chi connectivity index (χ0v) is 11.1. The van der Waals surface area contributed by atoms with E-state index in [0.29, 0.717) is 5.71 Å². The quantitative estimate of drug-likeness (QED) is 0.515. The largest absolute Gasteiger partial charge is 0.411 e. The lowest BCUT2D eigenvalue weighted by Crippen LogP contribution is -2.01. The van der Waals surface area contributed by atoms with Crippen molar-refractivity contribution in [3.63, 3.8) is 0 Å². The first-order valence-electron chi connectivity index (χ1n) is 6.20. The average molecular weight is 265 g/mol. The Labute approximate surface area is 117 Å². The van der Waals surface area contributed by atoms with Crippen LogP contribution in [0, 0.1) is 6.92 Å². The molecule has 0 aliphatic rings. The van der Waals surface area contributed by atoms with Crippen molar-refractivity contribution < 1.29 is 5.21 Å². The molecule has 0 fully saturated rings. The standard InChI is InChI=1S/C16H15N3O/c1-13-7-9-14(10-8-13)11-17-19-16(12-18-20)15-5-3-2-4-6-15/h2-12,20H,1H3/b17-11+,18-12+,19-16+. The molecule has 20 heavy (non-hydrogen) atoms. The van der Waals surface area contributed by atoms with Crippen molar-refractivity contribution in [3.05, 3.63) is 71.3 Å². The summed E-state index contributed by atoms with van der Waals surface area (Å²) in [4.78, 5) is 0. The monoisotopic (exact) mass is 265 g/mol. The second-order valence-electron chi connectivity index (χ2n) is 4.25. The van der Waals surface area contributed by atoms with E-state index in [2.05, 4.69) is 15.4 Å². The van der Waals surface area contributed by atoms with Gasteiger partial charge in [-0.25, -0.2) is 0 Å². The molecule has 0 spiro atoms. The summed E-state index contributed by atoms with van der Waals surface area (Å²) in [6, 6.07) is 17.4. The Morgan fingerprint density at radius 3 is 2.35 bits per heavy atom. The summed E-state index contributed by atoms with van der Waals surface area (Å²) in [7, 11) is 0. The minimum atomic E-state index is 0.497. The van der Waals surface area contributed by atoms with Crippen molar-refractivity contribution in [1.82, 2.24) is 0 Å². The van der Waals surface area contributed by atoms with Crippen molar-refractivity contribution >= 4 is 18.1 Å². The molecular weight excluding hydrogens is 250 g/mol. The van der Waals surface area contributed by atoms with Gasteiger partial charge in [-0.2, -0.15) is 5.10 Å². The van der Waals surface area contributed by atoms with E-state index in [1.165, 1.54) is 11.8 Å². The molecule has 0 bridgehead atoms. The van der Waals surface area contributed by atoms with Gasteiger partial charge in [-0.3, -0.25) is 0 Å². The smallest absolute Gasteiger partial charge is 0.114 e. The van der Waals surface area contributed by atoms with Gasteiger partial charge in [0.15, 0.2) is 0 Å². The Morgan fingerprint density at radius 2 is 1.70 bits per heavy atom. The van der Waals surface area contributed by atoms with E-state index in [-0.39, 0.29) is 0 Å². The van der Waals surface area contributed by atoms with Crippen molar-refractivity contribution in [2.75, 3.05) is 0 Å². The maximum Gasteiger partial charge on any atom is 0.114 e. The van der Waals surface area contributed by atoms with Crippen LogP contribution in [-0.2, 0) is 0 Å². The molecule has 0 heterocycles. The first-order chi connectivity index (χ1) is 9.79. The van der Waals surface area contributed by atoms with E-state index in [0.717, 1.165) is 11.1 Å². The van der Waals surface area contributed by atoms with Crippen LogP contribution in [0.15, 0.2) is 70.0 Å². The number of rotatable bonds is 4. The fraction of sp³-hybridized carbons (Fsp3) is 0.0625. The molecule has 2 aromatic rings. The number of benzene rings is 2. The number of aryl methyl sites for hydroxylation is 1. The topological polar surface area (TPSA) is 57.3 Å². The molecule has 0 radical (unpaired) electrons. The van der Waals surface area contributed by atoms with Gasteiger partial charge in [0.2, 0.25) is 0 Å². The van der Waals surface area contributed by atoms with Crippen LogP contribution >= 0.6 is 0 Å². The van der Waals surface area contributed by atoms with E-state index in [4.69, 9.17) is 5.21 Å². The molecule has 4 heteroatoms. The van der Waals surface area contributed by atoms with Gasteiger partial charge >= 0.3 is 0 Å². The molecule has 0 aliphatic heterocycles. The Kier molecular flexibility index (Phi) is 4.78. The van der Waals surface area contributed by atoms with Crippen LogP contribution in [0.2, 0.25) is 0 Å².